The molecule has 8 nitrogen and oxygen atoms in total. The Labute approximate surface area is 174 Å². The van der Waals surface area contributed by atoms with Crippen LogP contribution in [0.3, 0.4) is 0 Å². The van der Waals surface area contributed by atoms with Gasteiger partial charge in [0.1, 0.15) is 6.04 Å². The molecule has 0 saturated carbocycles. The first-order valence-electron chi connectivity index (χ1n) is 8.77. The molecule has 0 aliphatic heterocycles. The zero-order chi connectivity index (χ0) is 21.9. The van der Waals surface area contributed by atoms with E-state index < -0.39 is 26.9 Å². The number of sulfonamides is 1. The van der Waals surface area contributed by atoms with Crippen LogP contribution in [-0.4, -0.2) is 31.5 Å². The van der Waals surface area contributed by atoms with Crippen LogP contribution < -0.4 is 9.62 Å². The topological polar surface area (TPSA) is 110 Å². The second-order valence-corrected chi connectivity index (χ2v) is 8.88. The molecule has 29 heavy (non-hydrogen) atoms. The van der Waals surface area contributed by atoms with Crippen LogP contribution >= 0.6 is 11.6 Å². The number of anilines is 2. The standard InChI is InChI=1S/C19H22ClN3O5S/c1-5-17(19(24)21-16-8-6-7-15(20)13(16)3)22(29(4,27)28)18-11-14(23(25)26)10-9-12(18)2/h6-11,17H,5H2,1-4H3,(H,21,24)/t17-/m0/s1. The Morgan fingerprint density at radius 3 is 2.48 bits per heavy atom. The van der Waals surface area contributed by atoms with Crippen LogP contribution in [-0.2, 0) is 14.8 Å². The Hall–Kier alpha value is -2.65. The van der Waals surface area contributed by atoms with Crippen molar-refractivity contribution in [2.45, 2.75) is 33.2 Å². The van der Waals surface area contributed by atoms with Crippen LogP contribution in [0.4, 0.5) is 17.1 Å². The molecule has 0 radical (unpaired) electrons. The van der Waals surface area contributed by atoms with E-state index in [1.54, 1.807) is 39.0 Å². The van der Waals surface area contributed by atoms with E-state index in [2.05, 4.69) is 5.32 Å². The molecule has 2 aromatic carbocycles. The summed E-state index contributed by atoms with van der Waals surface area (Å²) >= 11 is 6.09. The Bertz CT molecular complexity index is 1060. The van der Waals surface area contributed by atoms with Gasteiger partial charge in [0.05, 0.1) is 16.9 Å². The average Bonchev–Trinajstić information content (AvgIpc) is 2.63. The minimum Gasteiger partial charge on any atom is -0.324 e. The number of aryl methyl sites for hydroxylation is 1. The third-order valence-corrected chi connectivity index (χ3v) is 6.07. The van der Waals surface area contributed by atoms with Crippen molar-refractivity contribution in [1.29, 1.82) is 0 Å². The molecule has 156 valence electrons. The van der Waals surface area contributed by atoms with Gasteiger partial charge < -0.3 is 5.32 Å². The van der Waals surface area contributed by atoms with E-state index in [0.29, 0.717) is 21.8 Å². The summed E-state index contributed by atoms with van der Waals surface area (Å²) in [5, 5.41) is 14.3. The number of non-ortho nitro benzene ring substituents is 1. The smallest absolute Gasteiger partial charge is 0.271 e. The largest absolute Gasteiger partial charge is 0.324 e. The van der Waals surface area contributed by atoms with Crippen molar-refractivity contribution in [3.05, 3.63) is 62.7 Å². The first kappa shape index (κ1) is 22.6. The van der Waals surface area contributed by atoms with Gasteiger partial charge in [-0.3, -0.25) is 19.2 Å². The number of nitrogens with zero attached hydrogens (tertiary/aromatic N) is 2. The van der Waals surface area contributed by atoms with Crippen LogP contribution in [0.25, 0.3) is 0 Å². The van der Waals surface area contributed by atoms with Gasteiger partial charge in [-0.15, -0.1) is 0 Å². The lowest BCUT2D eigenvalue weighted by Gasteiger charge is -2.31. The number of carbonyl (C=O) groups is 1. The number of hydrogen-bond donors (Lipinski definition) is 1. The van der Waals surface area contributed by atoms with Gasteiger partial charge in [-0.2, -0.15) is 0 Å². The number of nitrogens with one attached hydrogen (secondary N) is 1. The second kappa shape index (κ2) is 8.79. The fourth-order valence-corrected chi connectivity index (χ4v) is 4.38. The van der Waals surface area contributed by atoms with Crippen molar-refractivity contribution in [1.82, 2.24) is 0 Å². The van der Waals surface area contributed by atoms with Gasteiger partial charge in [0.25, 0.3) is 5.69 Å². The molecule has 0 aliphatic rings. The summed E-state index contributed by atoms with van der Waals surface area (Å²) in [6.07, 6.45) is 1.12. The Kier molecular flexibility index (Phi) is 6.86. The molecule has 0 spiro atoms. The number of benzene rings is 2. The number of nitro groups is 1. The van der Waals surface area contributed by atoms with Gasteiger partial charge in [-0.1, -0.05) is 30.7 Å². The Balaban J connectivity index is 2.53. The molecule has 1 N–H and O–H groups in total. The van der Waals surface area contributed by atoms with E-state index in [9.17, 15) is 23.3 Å². The summed E-state index contributed by atoms with van der Waals surface area (Å²) in [4.78, 5) is 23.6. The number of carbonyl (C=O) groups excluding carboxylic acids is 1. The Morgan fingerprint density at radius 2 is 1.93 bits per heavy atom. The lowest BCUT2D eigenvalue weighted by molar-refractivity contribution is -0.384. The number of nitro benzene ring substituents is 1. The van der Waals surface area contributed by atoms with Crippen LogP contribution in [0.1, 0.15) is 24.5 Å². The highest BCUT2D eigenvalue weighted by Crippen LogP contribution is 2.31. The minimum absolute atomic E-state index is 0.0894. The predicted molar refractivity (Wildman–Crippen MR) is 114 cm³/mol. The normalized spacial score (nSPS) is 12.3. The number of rotatable bonds is 7. The van der Waals surface area contributed by atoms with Crippen molar-refractivity contribution >= 4 is 44.6 Å². The molecule has 0 aromatic heterocycles. The first-order valence-corrected chi connectivity index (χ1v) is 11.0. The molecule has 1 amide bonds. The third kappa shape index (κ3) is 5.04. The maximum Gasteiger partial charge on any atom is 0.271 e. The van der Waals surface area contributed by atoms with Gasteiger partial charge >= 0.3 is 0 Å². The molecule has 0 fully saturated rings. The van der Waals surface area contributed by atoms with Crippen LogP contribution in [0.15, 0.2) is 36.4 Å². The van der Waals surface area contributed by atoms with Gasteiger partial charge in [-0.05, 0) is 43.5 Å². The van der Waals surface area contributed by atoms with Gasteiger partial charge in [0, 0.05) is 22.8 Å². The van der Waals surface area contributed by atoms with Gasteiger partial charge in [0.15, 0.2) is 0 Å². The molecule has 0 unspecified atom stereocenters. The highest BCUT2D eigenvalue weighted by Gasteiger charge is 2.33. The predicted octanol–water partition coefficient (Wildman–Crippen LogP) is 4.05. The summed E-state index contributed by atoms with van der Waals surface area (Å²) in [7, 11) is -3.93. The fourth-order valence-electron chi connectivity index (χ4n) is 2.94. The van der Waals surface area contributed by atoms with E-state index in [1.807, 2.05) is 0 Å². The van der Waals surface area contributed by atoms with Gasteiger partial charge in [-0.25, -0.2) is 8.42 Å². The van der Waals surface area contributed by atoms with E-state index in [4.69, 9.17) is 11.6 Å². The highest BCUT2D eigenvalue weighted by molar-refractivity contribution is 7.92. The molecule has 2 rings (SSSR count). The molecular weight excluding hydrogens is 418 g/mol. The lowest BCUT2D eigenvalue weighted by atomic mass is 10.1. The first-order chi connectivity index (χ1) is 13.5. The zero-order valence-electron chi connectivity index (χ0n) is 16.5. The molecule has 0 aliphatic carbocycles. The monoisotopic (exact) mass is 439 g/mol. The summed E-state index contributed by atoms with van der Waals surface area (Å²) in [5.41, 5.74) is 1.43. The third-order valence-electron chi connectivity index (χ3n) is 4.50. The molecule has 1 atom stereocenters. The molecule has 10 heteroatoms. The zero-order valence-corrected chi connectivity index (χ0v) is 18.0. The summed E-state index contributed by atoms with van der Waals surface area (Å²) < 4.78 is 26.1. The molecule has 0 saturated heterocycles. The van der Waals surface area contributed by atoms with Crippen LogP contribution in [0, 0.1) is 24.0 Å². The minimum atomic E-state index is -3.93. The SMILES string of the molecule is CC[C@@H](C(=O)Nc1cccc(Cl)c1C)N(c1cc([N+](=O)[O-])ccc1C)S(C)(=O)=O. The van der Waals surface area contributed by atoms with Gasteiger partial charge in [0.2, 0.25) is 15.9 Å². The van der Waals surface area contributed by atoms with Crippen molar-refractivity contribution < 1.29 is 18.1 Å². The fraction of sp³-hybridized carbons (Fsp3) is 0.316. The van der Waals surface area contributed by atoms with Crippen LogP contribution in [0.2, 0.25) is 5.02 Å². The van der Waals surface area contributed by atoms with Crippen molar-refractivity contribution in [2.75, 3.05) is 15.9 Å². The van der Waals surface area contributed by atoms with E-state index in [1.165, 1.54) is 12.1 Å². The summed E-state index contributed by atoms with van der Waals surface area (Å²) in [5.74, 6) is -0.561. The maximum atomic E-state index is 13.0. The van der Waals surface area contributed by atoms with Crippen molar-refractivity contribution in [3.8, 4) is 0 Å². The molecule has 0 heterocycles. The molecule has 0 bridgehead atoms. The number of halogens is 1. The van der Waals surface area contributed by atoms with Crippen molar-refractivity contribution in [2.24, 2.45) is 0 Å². The van der Waals surface area contributed by atoms with Crippen LogP contribution in [0.5, 0.6) is 0 Å². The summed E-state index contributed by atoms with van der Waals surface area (Å²) in [6.45, 7) is 5.03. The number of hydrogen-bond acceptors (Lipinski definition) is 5. The second-order valence-electron chi connectivity index (χ2n) is 6.61. The highest BCUT2D eigenvalue weighted by atomic mass is 35.5. The Morgan fingerprint density at radius 1 is 1.28 bits per heavy atom. The molecule has 2 aromatic rings. The quantitative estimate of drug-likeness (QED) is 0.517. The van der Waals surface area contributed by atoms with Crippen molar-refractivity contribution in [3.63, 3.8) is 0 Å². The lowest BCUT2D eigenvalue weighted by Crippen LogP contribution is -2.47. The average molecular weight is 440 g/mol. The van der Waals surface area contributed by atoms with E-state index >= 15 is 0 Å². The summed E-state index contributed by atoms with van der Waals surface area (Å²) in [6, 6.07) is 7.81. The van der Waals surface area contributed by atoms with E-state index in [-0.39, 0.29) is 17.8 Å². The molecular formula is C19H22ClN3O5S. The van der Waals surface area contributed by atoms with E-state index in [0.717, 1.165) is 16.6 Å². The number of amides is 1. The maximum absolute atomic E-state index is 13.0.